The van der Waals surface area contributed by atoms with Crippen molar-refractivity contribution in [1.29, 1.82) is 0 Å². The summed E-state index contributed by atoms with van der Waals surface area (Å²) in [6, 6.07) is 9.46. The number of nitrogens with zero attached hydrogens (tertiary/aromatic N) is 1. The molecular weight excluding hydrogens is 472 g/mol. The Labute approximate surface area is 205 Å². The summed E-state index contributed by atoms with van der Waals surface area (Å²) in [4.78, 5) is 55.5. The average Bonchev–Trinajstić information content (AvgIpc) is 2.88. The van der Waals surface area contributed by atoms with Crippen LogP contribution >= 0.6 is 0 Å². The second-order valence-corrected chi connectivity index (χ2v) is 7.38. The summed E-state index contributed by atoms with van der Waals surface area (Å²) in [5.74, 6) is -1.74. The van der Waals surface area contributed by atoms with Crippen LogP contribution in [0.1, 0.15) is 26.3 Å². The molecule has 0 bridgehead atoms. The van der Waals surface area contributed by atoms with Crippen LogP contribution in [-0.4, -0.2) is 60.2 Å². The zero-order chi connectivity index (χ0) is 26.2. The molecule has 2 aromatic carbocycles. The van der Waals surface area contributed by atoms with Crippen LogP contribution in [0.5, 0.6) is 17.2 Å². The van der Waals surface area contributed by atoms with Gasteiger partial charge in [-0.15, -0.1) is 0 Å². The second kappa shape index (κ2) is 11.5. The molecule has 0 aliphatic heterocycles. The molecule has 4 N–H and O–H groups in total. The number of carboxylic acid groups (broad SMARTS) is 1. The first kappa shape index (κ1) is 25.7. The lowest BCUT2D eigenvalue weighted by molar-refractivity contribution is -0.139. The number of benzene rings is 2. The topological polar surface area (TPSA) is 169 Å². The number of carbonyl (C=O) groups excluding carboxylic acids is 2. The van der Waals surface area contributed by atoms with E-state index in [9.17, 15) is 24.3 Å². The molecule has 1 heterocycles. The molecule has 1 atom stereocenters. The highest BCUT2D eigenvalue weighted by Gasteiger charge is 2.25. The normalized spacial score (nSPS) is 11.2. The van der Waals surface area contributed by atoms with Crippen molar-refractivity contribution >= 4 is 23.6 Å². The number of aromatic amines is 1. The Balaban J connectivity index is 1.86. The number of aliphatic carboxylic acids is 1. The Morgan fingerprint density at radius 2 is 1.61 bits per heavy atom. The van der Waals surface area contributed by atoms with Crippen LogP contribution < -0.4 is 30.5 Å². The van der Waals surface area contributed by atoms with Crippen LogP contribution in [0, 0.1) is 0 Å². The SMILES string of the molecule is COc1ccc(C(=O)NC(Cc2cnc(=O)[nH]c2NC(=O)c2c(OC)cccc2OC)C(=O)O)cc1. The van der Waals surface area contributed by atoms with Gasteiger partial charge < -0.3 is 30.0 Å². The van der Waals surface area contributed by atoms with Crippen LogP contribution in [-0.2, 0) is 11.2 Å². The van der Waals surface area contributed by atoms with Crippen molar-refractivity contribution < 1.29 is 33.7 Å². The highest BCUT2D eigenvalue weighted by molar-refractivity contribution is 6.08. The van der Waals surface area contributed by atoms with E-state index in [1.54, 1.807) is 30.3 Å². The lowest BCUT2D eigenvalue weighted by atomic mass is 10.1. The van der Waals surface area contributed by atoms with Crippen molar-refractivity contribution in [3.63, 3.8) is 0 Å². The van der Waals surface area contributed by atoms with E-state index in [0.717, 1.165) is 6.20 Å². The van der Waals surface area contributed by atoms with E-state index < -0.39 is 29.5 Å². The van der Waals surface area contributed by atoms with Gasteiger partial charge in [-0.2, -0.15) is 0 Å². The number of H-pyrrole nitrogens is 1. The highest BCUT2D eigenvalue weighted by atomic mass is 16.5. The van der Waals surface area contributed by atoms with Gasteiger partial charge in [-0.25, -0.2) is 14.6 Å². The number of hydrogen-bond donors (Lipinski definition) is 4. The largest absolute Gasteiger partial charge is 0.497 e. The summed E-state index contributed by atoms with van der Waals surface area (Å²) < 4.78 is 15.5. The molecule has 188 valence electrons. The summed E-state index contributed by atoms with van der Waals surface area (Å²) in [7, 11) is 4.25. The molecule has 36 heavy (non-hydrogen) atoms. The highest BCUT2D eigenvalue weighted by Crippen LogP contribution is 2.29. The van der Waals surface area contributed by atoms with E-state index >= 15 is 0 Å². The van der Waals surface area contributed by atoms with Gasteiger partial charge in [0, 0.05) is 23.7 Å². The third kappa shape index (κ3) is 5.97. The summed E-state index contributed by atoms with van der Waals surface area (Å²) in [6.07, 6.45) is 0.836. The predicted molar refractivity (Wildman–Crippen MR) is 128 cm³/mol. The van der Waals surface area contributed by atoms with Crippen molar-refractivity contribution in [2.24, 2.45) is 0 Å². The molecule has 2 amide bonds. The number of carbonyl (C=O) groups is 3. The summed E-state index contributed by atoms with van der Waals surface area (Å²) >= 11 is 0. The van der Waals surface area contributed by atoms with E-state index in [4.69, 9.17) is 14.2 Å². The van der Waals surface area contributed by atoms with E-state index in [-0.39, 0.29) is 40.4 Å². The Hall–Kier alpha value is -4.87. The molecule has 1 unspecified atom stereocenters. The Kier molecular flexibility index (Phi) is 8.23. The fourth-order valence-electron chi connectivity index (χ4n) is 3.34. The van der Waals surface area contributed by atoms with Crippen LogP contribution in [0.2, 0.25) is 0 Å². The molecule has 0 fully saturated rings. The van der Waals surface area contributed by atoms with E-state index in [2.05, 4.69) is 20.6 Å². The zero-order valence-electron chi connectivity index (χ0n) is 19.7. The van der Waals surface area contributed by atoms with Crippen LogP contribution in [0.3, 0.4) is 0 Å². The minimum atomic E-state index is -1.40. The fraction of sp³-hybridized carbons (Fsp3) is 0.208. The molecule has 12 nitrogen and oxygen atoms in total. The maximum atomic E-state index is 13.1. The Bertz CT molecular complexity index is 1300. The minimum Gasteiger partial charge on any atom is -0.497 e. The van der Waals surface area contributed by atoms with Crippen LogP contribution in [0.4, 0.5) is 5.82 Å². The van der Waals surface area contributed by atoms with Gasteiger partial charge in [0.15, 0.2) is 0 Å². The Morgan fingerprint density at radius 1 is 0.972 bits per heavy atom. The summed E-state index contributed by atoms with van der Waals surface area (Å²) in [6.45, 7) is 0. The summed E-state index contributed by atoms with van der Waals surface area (Å²) in [5, 5.41) is 14.7. The number of aromatic nitrogens is 2. The first-order chi connectivity index (χ1) is 17.3. The standard InChI is InChI=1S/C24H24N4O8/c1-34-15-9-7-13(8-10-15)21(29)26-16(23(31)32)11-14-12-25-24(33)28-20(14)27-22(30)19-17(35-2)5-4-6-18(19)36-3/h4-10,12,16H,11H2,1-3H3,(H,26,29)(H,31,32)(H2,25,27,28,30,33). The van der Waals surface area contributed by atoms with Crippen molar-refractivity contribution in [2.75, 3.05) is 26.6 Å². The third-order valence-corrected chi connectivity index (χ3v) is 5.16. The Morgan fingerprint density at radius 3 is 2.17 bits per heavy atom. The lowest BCUT2D eigenvalue weighted by Gasteiger charge is -2.17. The number of methoxy groups -OCH3 is 3. The molecule has 12 heteroatoms. The number of ether oxygens (including phenoxy) is 3. The number of anilines is 1. The quantitative estimate of drug-likeness (QED) is 0.325. The van der Waals surface area contributed by atoms with Crippen LogP contribution in [0.15, 0.2) is 53.5 Å². The molecule has 0 saturated carbocycles. The molecule has 0 aliphatic rings. The van der Waals surface area contributed by atoms with Crippen molar-refractivity contribution in [2.45, 2.75) is 12.5 Å². The number of amides is 2. The van der Waals surface area contributed by atoms with Gasteiger partial charge >= 0.3 is 11.7 Å². The van der Waals surface area contributed by atoms with Gasteiger partial charge in [-0.3, -0.25) is 14.6 Å². The van der Waals surface area contributed by atoms with Gasteiger partial charge in [0.05, 0.1) is 21.3 Å². The first-order valence-corrected chi connectivity index (χ1v) is 10.6. The molecule has 0 saturated heterocycles. The molecule has 1 aromatic heterocycles. The van der Waals surface area contributed by atoms with Crippen molar-refractivity contribution in [1.82, 2.24) is 15.3 Å². The number of hydrogen-bond acceptors (Lipinski definition) is 8. The molecular formula is C24H24N4O8. The molecule has 0 aliphatic carbocycles. The number of rotatable bonds is 10. The van der Waals surface area contributed by atoms with Gasteiger partial charge in [0.2, 0.25) is 0 Å². The molecule has 3 rings (SSSR count). The van der Waals surface area contributed by atoms with Crippen molar-refractivity contribution in [3.05, 3.63) is 75.8 Å². The average molecular weight is 496 g/mol. The van der Waals surface area contributed by atoms with E-state index in [0.29, 0.717) is 5.75 Å². The number of carboxylic acids is 1. The molecule has 3 aromatic rings. The maximum Gasteiger partial charge on any atom is 0.346 e. The van der Waals surface area contributed by atoms with Crippen molar-refractivity contribution in [3.8, 4) is 17.2 Å². The molecule has 0 radical (unpaired) electrons. The smallest absolute Gasteiger partial charge is 0.346 e. The van der Waals surface area contributed by atoms with Gasteiger partial charge in [-0.1, -0.05) is 6.07 Å². The number of nitrogens with one attached hydrogen (secondary N) is 3. The third-order valence-electron chi connectivity index (χ3n) is 5.16. The monoisotopic (exact) mass is 496 g/mol. The fourth-order valence-corrected chi connectivity index (χ4v) is 3.34. The van der Waals surface area contributed by atoms with Gasteiger partial charge in [-0.05, 0) is 36.4 Å². The summed E-state index contributed by atoms with van der Waals surface area (Å²) in [5.41, 5.74) is -0.318. The zero-order valence-corrected chi connectivity index (χ0v) is 19.7. The first-order valence-electron chi connectivity index (χ1n) is 10.6. The van der Waals surface area contributed by atoms with Gasteiger partial charge in [0.25, 0.3) is 11.8 Å². The molecule has 0 spiro atoms. The van der Waals surface area contributed by atoms with E-state index in [1.165, 1.54) is 33.5 Å². The minimum absolute atomic E-state index is 0.0636. The second-order valence-electron chi connectivity index (χ2n) is 7.38. The maximum absolute atomic E-state index is 13.1. The lowest BCUT2D eigenvalue weighted by Crippen LogP contribution is -2.42. The van der Waals surface area contributed by atoms with Crippen LogP contribution in [0.25, 0.3) is 0 Å². The van der Waals surface area contributed by atoms with Gasteiger partial charge in [0.1, 0.15) is 34.7 Å². The predicted octanol–water partition coefficient (Wildman–Crippen LogP) is 1.47. The van der Waals surface area contributed by atoms with E-state index in [1.807, 2.05) is 0 Å².